The molecule has 252 valence electrons. The number of sulfonamides is 1. The second-order valence-corrected chi connectivity index (χ2v) is 15.7. The molecule has 3 heterocycles. The number of aliphatic imine (C=N–C) groups is 1. The lowest BCUT2D eigenvalue weighted by Crippen LogP contribution is -2.40. The Bertz CT molecular complexity index is 2010. The number of anilines is 2. The van der Waals surface area contributed by atoms with Crippen molar-refractivity contribution in [1.82, 2.24) is 10.1 Å². The van der Waals surface area contributed by atoms with Crippen LogP contribution in [-0.4, -0.2) is 48.7 Å². The lowest BCUT2D eigenvalue weighted by atomic mass is 9.97. The number of carbonyl (C=O) groups excluding carboxylic acids is 2. The molecule has 0 saturated heterocycles. The molecule has 1 aliphatic carbocycles. The molecule has 2 aliphatic rings. The molecule has 1 saturated carbocycles. The molecule has 2 aromatic heterocycles. The molecule has 0 unspecified atom stereocenters. The molecule has 6 rings (SSSR count). The fourth-order valence-corrected chi connectivity index (χ4v) is 8.61. The Morgan fingerprint density at radius 3 is 2.48 bits per heavy atom. The summed E-state index contributed by atoms with van der Waals surface area (Å²) in [6, 6.07) is 16.0. The predicted molar refractivity (Wildman–Crippen MR) is 189 cm³/mol. The van der Waals surface area contributed by atoms with Crippen molar-refractivity contribution in [3.8, 4) is 11.1 Å². The van der Waals surface area contributed by atoms with Crippen LogP contribution < -0.4 is 9.62 Å². The summed E-state index contributed by atoms with van der Waals surface area (Å²) in [6.07, 6.45) is 6.18. The zero-order valence-corrected chi connectivity index (χ0v) is 29.6. The average Bonchev–Trinajstić information content (AvgIpc) is 3.86. The van der Waals surface area contributed by atoms with E-state index < -0.39 is 15.6 Å². The van der Waals surface area contributed by atoms with Crippen molar-refractivity contribution in [1.29, 1.82) is 0 Å². The van der Waals surface area contributed by atoms with Gasteiger partial charge in [-0.2, -0.15) is 0 Å². The molecule has 0 bridgehead atoms. The number of rotatable bonds is 11. The maximum absolute atomic E-state index is 13.9. The highest BCUT2D eigenvalue weighted by Gasteiger charge is 2.49. The highest BCUT2D eigenvalue weighted by atomic mass is 32.2. The third-order valence-corrected chi connectivity index (χ3v) is 11.7. The van der Waals surface area contributed by atoms with Gasteiger partial charge in [0.25, 0.3) is 21.8 Å². The molecule has 10 nitrogen and oxygen atoms in total. The maximum atomic E-state index is 13.9. The van der Waals surface area contributed by atoms with Crippen LogP contribution in [0.3, 0.4) is 0 Å². The van der Waals surface area contributed by atoms with E-state index in [1.807, 2.05) is 36.1 Å². The Morgan fingerprint density at radius 1 is 1.06 bits per heavy atom. The number of thiophene rings is 1. The summed E-state index contributed by atoms with van der Waals surface area (Å²) in [5.74, 6) is 0.711. The fourth-order valence-electron chi connectivity index (χ4n) is 6.50. The van der Waals surface area contributed by atoms with E-state index in [0.717, 1.165) is 61.2 Å². The van der Waals surface area contributed by atoms with Gasteiger partial charge in [0.2, 0.25) is 5.88 Å². The van der Waals surface area contributed by atoms with Crippen LogP contribution in [0.2, 0.25) is 0 Å². The minimum Gasteiger partial charge on any atom is -0.337 e. The van der Waals surface area contributed by atoms with Crippen LogP contribution in [-0.2, 0) is 21.4 Å². The van der Waals surface area contributed by atoms with Gasteiger partial charge in [0.15, 0.2) is 0 Å². The highest BCUT2D eigenvalue weighted by molar-refractivity contribution is 7.92. The molecule has 0 radical (unpaired) electrons. The zero-order chi connectivity index (χ0) is 34.2. The van der Waals surface area contributed by atoms with Gasteiger partial charge in [0.05, 0.1) is 27.7 Å². The standard InChI is InChI=1S/C36H41N5O5S2/c1-6-7-14-32-37-36(19-10-11-20-36)35(43)41(32)22-26-16-17-27(29(21-26)40(5)34(42)30-18-15-23(2)47-30)28-12-8-9-13-31(28)48(44,45)39-33-24(3)25(4)38-46-33/h8-9,12-13,15-18,21,39H,6-7,10-11,14,19-20,22H2,1-5H3. The van der Waals surface area contributed by atoms with Gasteiger partial charge in [-0.15, -0.1) is 11.3 Å². The normalized spacial score (nSPS) is 15.7. The van der Waals surface area contributed by atoms with Gasteiger partial charge in [-0.3, -0.25) is 19.5 Å². The summed E-state index contributed by atoms with van der Waals surface area (Å²) in [5.41, 5.74) is 2.82. The Labute approximate surface area is 285 Å². The molecule has 1 N–H and O–H groups in total. The highest BCUT2D eigenvalue weighted by Crippen LogP contribution is 2.41. The molecule has 48 heavy (non-hydrogen) atoms. The largest absolute Gasteiger partial charge is 0.337 e. The smallest absolute Gasteiger partial charge is 0.268 e. The minimum absolute atomic E-state index is 0.0205. The van der Waals surface area contributed by atoms with E-state index in [1.54, 1.807) is 50.1 Å². The van der Waals surface area contributed by atoms with E-state index in [1.165, 1.54) is 17.4 Å². The maximum Gasteiger partial charge on any atom is 0.268 e. The van der Waals surface area contributed by atoms with Crippen molar-refractivity contribution in [2.45, 2.75) is 89.6 Å². The number of amidine groups is 1. The van der Waals surface area contributed by atoms with E-state index >= 15 is 0 Å². The van der Waals surface area contributed by atoms with Crippen LogP contribution in [0.4, 0.5) is 11.6 Å². The zero-order valence-electron chi connectivity index (χ0n) is 28.0. The number of nitrogens with one attached hydrogen (secondary N) is 1. The molecule has 4 aromatic rings. The first-order valence-electron chi connectivity index (χ1n) is 16.4. The van der Waals surface area contributed by atoms with Gasteiger partial charge in [0, 0.05) is 35.0 Å². The fraction of sp³-hybridized carbons (Fsp3) is 0.389. The molecule has 2 amide bonds. The van der Waals surface area contributed by atoms with Crippen molar-refractivity contribution in [3.63, 3.8) is 0 Å². The number of benzene rings is 2. The number of unbranched alkanes of at least 4 members (excludes halogenated alkanes) is 1. The second kappa shape index (κ2) is 13.3. The minimum atomic E-state index is -4.13. The Balaban J connectivity index is 1.42. The van der Waals surface area contributed by atoms with Crippen LogP contribution >= 0.6 is 11.3 Å². The summed E-state index contributed by atoms with van der Waals surface area (Å²) >= 11 is 1.40. The van der Waals surface area contributed by atoms with E-state index in [4.69, 9.17) is 9.52 Å². The van der Waals surface area contributed by atoms with Crippen molar-refractivity contribution < 1.29 is 22.5 Å². The van der Waals surface area contributed by atoms with E-state index in [2.05, 4.69) is 16.8 Å². The third kappa shape index (κ3) is 6.30. The molecule has 12 heteroatoms. The topological polar surface area (TPSA) is 125 Å². The SMILES string of the molecule is CCCCC1=NC2(CCCC2)C(=O)N1Cc1ccc(-c2ccccc2S(=O)(=O)Nc2onc(C)c2C)c(N(C)C(=O)c2ccc(C)s2)c1. The summed E-state index contributed by atoms with van der Waals surface area (Å²) in [4.78, 5) is 37.8. The molecular weight excluding hydrogens is 647 g/mol. The van der Waals surface area contributed by atoms with Gasteiger partial charge in [-0.25, -0.2) is 13.1 Å². The summed E-state index contributed by atoms with van der Waals surface area (Å²) in [6.45, 7) is 7.85. The van der Waals surface area contributed by atoms with E-state index in [0.29, 0.717) is 39.5 Å². The number of hydrogen-bond donors (Lipinski definition) is 1. The number of amides is 2. The van der Waals surface area contributed by atoms with Crippen LogP contribution in [0.25, 0.3) is 11.1 Å². The first kappa shape index (κ1) is 33.6. The first-order chi connectivity index (χ1) is 22.9. The molecule has 1 spiro atoms. The van der Waals surface area contributed by atoms with Crippen LogP contribution in [0.1, 0.15) is 83.2 Å². The number of carbonyl (C=O) groups is 2. The van der Waals surface area contributed by atoms with Gasteiger partial charge < -0.3 is 9.42 Å². The van der Waals surface area contributed by atoms with Gasteiger partial charge in [0.1, 0.15) is 11.4 Å². The monoisotopic (exact) mass is 687 g/mol. The molecule has 2 aromatic carbocycles. The van der Waals surface area contributed by atoms with Crippen molar-refractivity contribution in [3.05, 3.63) is 81.2 Å². The molecular formula is C36H41N5O5S2. The second-order valence-electron chi connectivity index (χ2n) is 12.7. The molecule has 0 atom stereocenters. The number of aryl methyl sites for hydroxylation is 2. The molecule has 1 fully saturated rings. The lowest BCUT2D eigenvalue weighted by Gasteiger charge is -2.25. The lowest BCUT2D eigenvalue weighted by molar-refractivity contribution is -0.131. The summed E-state index contributed by atoms with van der Waals surface area (Å²) in [7, 11) is -2.44. The van der Waals surface area contributed by atoms with Crippen molar-refractivity contribution in [2.24, 2.45) is 4.99 Å². The summed E-state index contributed by atoms with van der Waals surface area (Å²) in [5, 5.41) is 3.88. The first-order valence-corrected chi connectivity index (χ1v) is 18.7. The number of nitrogens with zero attached hydrogens (tertiary/aromatic N) is 4. The van der Waals surface area contributed by atoms with Gasteiger partial charge in [-0.05, 0) is 69.9 Å². The number of aromatic nitrogens is 1. The predicted octanol–water partition coefficient (Wildman–Crippen LogP) is 7.65. The average molecular weight is 688 g/mol. The Kier molecular flexibility index (Phi) is 9.32. The van der Waals surface area contributed by atoms with Crippen molar-refractivity contribution in [2.75, 3.05) is 16.7 Å². The quantitative estimate of drug-likeness (QED) is 0.173. The van der Waals surface area contributed by atoms with E-state index in [9.17, 15) is 18.0 Å². The molecule has 1 aliphatic heterocycles. The van der Waals surface area contributed by atoms with Gasteiger partial charge >= 0.3 is 0 Å². The summed E-state index contributed by atoms with van der Waals surface area (Å²) < 4.78 is 35.5. The van der Waals surface area contributed by atoms with Crippen LogP contribution in [0.15, 0.2) is 69.0 Å². The van der Waals surface area contributed by atoms with E-state index in [-0.39, 0.29) is 22.6 Å². The third-order valence-electron chi connectivity index (χ3n) is 9.35. The van der Waals surface area contributed by atoms with Crippen LogP contribution in [0, 0.1) is 20.8 Å². The Hall–Kier alpha value is -4.29. The van der Waals surface area contributed by atoms with Gasteiger partial charge in [-0.1, -0.05) is 61.7 Å². The van der Waals surface area contributed by atoms with Crippen molar-refractivity contribution >= 4 is 50.6 Å². The Morgan fingerprint density at radius 2 is 1.81 bits per heavy atom. The number of hydrogen-bond acceptors (Lipinski definition) is 8. The van der Waals surface area contributed by atoms with Crippen LogP contribution in [0.5, 0.6) is 0 Å².